The van der Waals surface area contributed by atoms with Gasteiger partial charge in [0.1, 0.15) is 11.4 Å². The molecule has 0 unspecified atom stereocenters. The lowest BCUT2D eigenvalue weighted by Gasteiger charge is -2.11. The van der Waals surface area contributed by atoms with E-state index in [0.717, 1.165) is 26.9 Å². The third kappa shape index (κ3) is 1.22. The second-order valence-corrected chi connectivity index (χ2v) is 5.45. The number of benzene rings is 3. The predicted molar refractivity (Wildman–Crippen MR) is 86.8 cm³/mol. The van der Waals surface area contributed by atoms with Crippen molar-refractivity contribution in [3.8, 4) is 5.75 Å². The van der Waals surface area contributed by atoms with Crippen LogP contribution in [0.15, 0.2) is 59.7 Å². The van der Waals surface area contributed by atoms with E-state index >= 15 is 0 Å². The second-order valence-electron chi connectivity index (χ2n) is 5.45. The maximum atomic E-state index is 12.7. The molecule has 0 bridgehead atoms. The number of phenols is 1. The summed E-state index contributed by atoms with van der Waals surface area (Å²) in [5.74, 6) is 0.00776. The lowest BCUT2D eigenvalue weighted by Crippen LogP contribution is -2.12. The standard InChI is InChI=1S/C18H10N2O2/c21-14-6-5-12-11-4-2-1-3-10(11)9-13-15(12)16(14)18(22)20-8-7-19-17(13)20/h1-9,21H. The van der Waals surface area contributed by atoms with Crippen molar-refractivity contribution in [3.05, 3.63) is 65.2 Å². The Kier molecular flexibility index (Phi) is 1.96. The van der Waals surface area contributed by atoms with Crippen LogP contribution in [0.3, 0.4) is 0 Å². The largest absolute Gasteiger partial charge is 0.507 e. The molecule has 0 saturated heterocycles. The van der Waals surface area contributed by atoms with Crippen LogP contribution < -0.4 is 5.56 Å². The van der Waals surface area contributed by atoms with Crippen LogP contribution in [0.5, 0.6) is 5.75 Å². The van der Waals surface area contributed by atoms with Gasteiger partial charge in [0.2, 0.25) is 0 Å². The molecule has 1 N–H and O–H groups in total. The van der Waals surface area contributed by atoms with E-state index < -0.39 is 0 Å². The highest BCUT2D eigenvalue weighted by molar-refractivity contribution is 6.24. The summed E-state index contributed by atoms with van der Waals surface area (Å²) >= 11 is 0. The monoisotopic (exact) mass is 286 g/mol. The minimum Gasteiger partial charge on any atom is -0.507 e. The highest BCUT2D eigenvalue weighted by Gasteiger charge is 2.17. The fourth-order valence-corrected chi connectivity index (χ4v) is 3.37. The zero-order chi connectivity index (χ0) is 14.8. The van der Waals surface area contributed by atoms with Gasteiger partial charge in [0, 0.05) is 23.2 Å². The van der Waals surface area contributed by atoms with Crippen LogP contribution in [0.1, 0.15) is 0 Å². The zero-order valence-corrected chi connectivity index (χ0v) is 11.4. The minimum atomic E-state index is -0.238. The SMILES string of the molecule is O=c1c2c(O)ccc3c4ccccc4cc(c23)c2nccn12. The minimum absolute atomic E-state index is 0.00776. The summed E-state index contributed by atoms with van der Waals surface area (Å²) in [7, 11) is 0. The molecule has 104 valence electrons. The molecule has 22 heavy (non-hydrogen) atoms. The molecular weight excluding hydrogens is 276 g/mol. The Bertz CT molecular complexity index is 1250. The molecule has 0 radical (unpaired) electrons. The van der Waals surface area contributed by atoms with E-state index in [0.29, 0.717) is 11.0 Å². The molecule has 0 amide bonds. The predicted octanol–water partition coefficient (Wildman–Crippen LogP) is 3.30. The molecule has 4 heteroatoms. The number of pyridine rings is 1. The molecular formula is C18H10N2O2. The normalized spacial score (nSPS) is 12.0. The van der Waals surface area contributed by atoms with E-state index in [1.807, 2.05) is 36.4 Å². The van der Waals surface area contributed by atoms with E-state index in [2.05, 4.69) is 4.98 Å². The third-order valence-electron chi connectivity index (χ3n) is 4.32. The molecule has 5 rings (SSSR count). The maximum Gasteiger partial charge on any atom is 0.268 e. The third-order valence-corrected chi connectivity index (χ3v) is 4.32. The van der Waals surface area contributed by atoms with Gasteiger partial charge in [0.05, 0.1) is 5.39 Å². The van der Waals surface area contributed by atoms with Crippen molar-refractivity contribution in [1.29, 1.82) is 0 Å². The zero-order valence-electron chi connectivity index (χ0n) is 11.4. The van der Waals surface area contributed by atoms with Crippen LogP contribution in [0.2, 0.25) is 0 Å². The first-order valence-corrected chi connectivity index (χ1v) is 7.01. The maximum absolute atomic E-state index is 12.7. The highest BCUT2D eigenvalue weighted by Crippen LogP contribution is 2.36. The molecule has 0 aliphatic heterocycles. The van der Waals surface area contributed by atoms with Crippen LogP contribution in [0, 0.1) is 0 Å². The number of hydrogen-bond acceptors (Lipinski definition) is 3. The number of rotatable bonds is 0. The van der Waals surface area contributed by atoms with Crippen molar-refractivity contribution in [3.63, 3.8) is 0 Å². The molecule has 0 aliphatic rings. The number of nitrogens with zero attached hydrogens (tertiary/aromatic N) is 2. The van der Waals surface area contributed by atoms with Gasteiger partial charge in [-0.3, -0.25) is 9.20 Å². The van der Waals surface area contributed by atoms with E-state index in [9.17, 15) is 9.90 Å². The van der Waals surface area contributed by atoms with Crippen molar-refractivity contribution in [2.75, 3.05) is 0 Å². The Hall–Kier alpha value is -3.14. The van der Waals surface area contributed by atoms with Crippen molar-refractivity contribution in [1.82, 2.24) is 9.38 Å². The summed E-state index contributed by atoms with van der Waals surface area (Å²) in [4.78, 5) is 17.0. The lowest BCUT2D eigenvalue weighted by atomic mass is 9.96. The summed E-state index contributed by atoms with van der Waals surface area (Å²) < 4.78 is 1.49. The number of aromatic hydroxyl groups is 1. The summed E-state index contributed by atoms with van der Waals surface area (Å²) in [6.07, 6.45) is 3.24. The van der Waals surface area contributed by atoms with Gasteiger partial charge in [0.25, 0.3) is 5.56 Å². The number of hydrogen-bond donors (Lipinski definition) is 1. The van der Waals surface area contributed by atoms with Crippen molar-refractivity contribution in [2.24, 2.45) is 0 Å². The molecule has 5 aromatic rings. The number of imidazole rings is 1. The molecule has 0 atom stereocenters. The van der Waals surface area contributed by atoms with Crippen LogP contribution in [0.25, 0.3) is 38.0 Å². The van der Waals surface area contributed by atoms with Gasteiger partial charge in [-0.25, -0.2) is 4.98 Å². The van der Waals surface area contributed by atoms with Gasteiger partial charge in [0.15, 0.2) is 0 Å². The average Bonchev–Trinajstić information content (AvgIpc) is 3.03. The number of phenolic OH excluding ortho intramolecular Hbond substituents is 1. The van der Waals surface area contributed by atoms with Crippen molar-refractivity contribution in [2.45, 2.75) is 0 Å². The van der Waals surface area contributed by atoms with Gasteiger partial charge < -0.3 is 5.11 Å². The molecule has 3 aromatic carbocycles. The molecule has 2 aromatic heterocycles. The van der Waals surface area contributed by atoms with E-state index in [1.165, 1.54) is 4.40 Å². The topological polar surface area (TPSA) is 54.6 Å². The van der Waals surface area contributed by atoms with Crippen LogP contribution >= 0.6 is 0 Å². The molecule has 0 aliphatic carbocycles. The van der Waals surface area contributed by atoms with E-state index in [-0.39, 0.29) is 11.3 Å². The van der Waals surface area contributed by atoms with E-state index in [4.69, 9.17) is 0 Å². The smallest absolute Gasteiger partial charge is 0.268 e. The van der Waals surface area contributed by atoms with Gasteiger partial charge >= 0.3 is 0 Å². The van der Waals surface area contributed by atoms with Gasteiger partial charge in [-0.15, -0.1) is 0 Å². The fraction of sp³-hybridized carbons (Fsp3) is 0. The van der Waals surface area contributed by atoms with Gasteiger partial charge in [-0.2, -0.15) is 0 Å². The van der Waals surface area contributed by atoms with Crippen molar-refractivity contribution >= 4 is 38.0 Å². The first-order chi connectivity index (χ1) is 10.8. The molecule has 2 heterocycles. The molecule has 0 saturated carbocycles. The summed E-state index contributed by atoms with van der Waals surface area (Å²) in [6.45, 7) is 0. The number of fused-ring (bicyclic) bond motifs is 4. The Labute approximate surface area is 124 Å². The molecule has 4 nitrogen and oxygen atoms in total. The summed E-state index contributed by atoms with van der Waals surface area (Å²) in [6, 6.07) is 13.5. The Morgan fingerprint density at radius 2 is 1.82 bits per heavy atom. The Morgan fingerprint density at radius 3 is 2.73 bits per heavy atom. The van der Waals surface area contributed by atoms with Gasteiger partial charge in [-0.1, -0.05) is 30.3 Å². The Balaban J connectivity index is 2.30. The first kappa shape index (κ1) is 11.5. The highest BCUT2D eigenvalue weighted by atomic mass is 16.3. The van der Waals surface area contributed by atoms with Crippen LogP contribution in [-0.4, -0.2) is 14.5 Å². The average molecular weight is 286 g/mol. The second kappa shape index (κ2) is 3.74. The van der Waals surface area contributed by atoms with Crippen LogP contribution in [-0.2, 0) is 0 Å². The summed E-state index contributed by atoms with van der Waals surface area (Å²) in [5, 5.41) is 15.3. The quantitative estimate of drug-likeness (QED) is 0.351. The van der Waals surface area contributed by atoms with Crippen molar-refractivity contribution < 1.29 is 5.11 Å². The lowest BCUT2D eigenvalue weighted by molar-refractivity contribution is 0.481. The number of aromatic nitrogens is 2. The molecule has 0 spiro atoms. The summed E-state index contributed by atoms with van der Waals surface area (Å²) in [5.41, 5.74) is 0.386. The van der Waals surface area contributed by atoms with Crippen LogP contribution in [0.4, 0.5) is 0 Å². The first-order valence-electron chi connectivity index (χ1n) is 7.01. The van der Waals surface area contributed by atoms with Gasteiger partial charge in [-0.05, 0) is 28.3 Å². The molecule has 0 fully saturated rings. The fourth-order valence-electron chi connectivity index (χ4n) is 3.37. The van der Waals surface area contributed by atoms with E-state index in [1.54, 1.807) is 18.5 Å². The Morgan fingerprint density at radius 1 is 0.955 bits per heavy atom.